The molecule has 1 aromatic carbocycles. The summed E-state index contributed by atoms with van der Waals surface area (Å²) in [6.07, 6.45) is 2.04. The van der Waals surface area contributed by atoms with Crippen LogP contribution in [-0.2, 0) is 22.4 Å². The van der Waals surface area contributed by atoms with Crippen molar-refractivity contribution in [3.05, 3.63) is 53.5 Å². The van der Waals surface area contributed by atoms with Crippen molar-refractivity contribution in [1.29, 1.82) is 0 Å². The number of carbonyl (C=O) groups is 1. The van der Waals surface area contributed by atoms with Crippen molar-refractivity contribution in [3.8, 4) is 5.75 Å². The third kappa shape index (κ3) is 4.23. The number of aryl methyl sites for hydroxylation is 2. The fraction of sp³-hybridized carbons (Fsp3) is 0.450. The Morgan fingerprint density at radius 2 is 2.04 bits per heavy atom. The van der Waals surface area contributed by atoms with Crippen molar-refractivity contribution < 1.29 is 18.7 Å². The molecule has 0 radical (unpaired) electrons. The van der Waals surface area contributed by atoms with Gasteiger partial charge in [0, 0.05) is 19.4 Å². The summed E-state index contributed by atoms with van der Waals surface area (Å²) in [6, 6.07) is 11.7. The van der Waals surface area contributed by atoms with Gasteiger partial charge in [-0.25, -0.2) is 0 Å². The Morgan fingerprint density at radius 3 is 2.72 bits per heavy atom. The molecular formula is C20H25NO4. The van der Waals surface area contributed by atoms with Crippen LogP contribution in [0.15, 0.2) is 40.8 Å². The zero-order valence-electron chi connectivity index (χ0n) is 14.9. The number of morpholine rings is 1. The van der Waals surface area contributed by atoms with Crippen LogP contribution < -0.4 is 4.74 Å². The minimum absolute atomic E-state index is 0.127. The van der Waals surface area contributed by atoms with E-state index in [1.807, 2.05) is 41.3 Å². The summed E-state index contributed by atoms with van der Waals surface area (Å²) in [5.41, 5.74) is 1.13. The summed E-state index contributed by atoms with van der Waals surface area (Å²) in [5, 5.41) is 0. The third-order valence-electron chi connectivity index (χ3n) is 4.59. The van der Waals surface area contributed by atoms with E-state index in [9.17, 15) is 4.79 Å². The van der Waals surface area contributed by atoms with Crippen LogP contribution in [0.25, 0.3) is 0 Å². The molecule has 1 aromatic heterocycles. The number of methoxy groups -OCH3 is 1. The van der Waals surface area contributed by atoms with Crippen LogP contribution in [-0.4, -0.2) is 37.7 Å². The zero-order valence-corrected chi connectivity index (χ0v) is 14.9. The average molecular weight is 343 g/mol. The molecule has 1 aliphatic rings. The Kier molecular flexibility index (Phi) is 5.76. The van der Waals surface area contributed by atoms with Gasteiger partial charge in [-0.2, -0.15) is 0 Å². The lowest BCUT2D eigenvalue weighted by Crippen LogP contribution is -2.43. The quantitative estimate of drug-likeness (QED) is 0.807. The van der Waals surface area contributed by atoms with Crippen molar-refractivity contribution in [1.82, 2.24) is 4.90 Å². The summed E-state index contributed by atoms with van der Waals surface area (Å²) < 4.78 is 16.6. The smallest absolute Gasteiger partial charge is 0.223 e. The maximum Gasteiger partial charge on any atom is 0.223 e. The van der Waals surface area contributed by atoms with Crippen molar-refractivity contribution in [2.45, 2.75) is 32.2 Å². The lowest BCUT2D eigenvalue weighted by molar-refractivity contribution is -0.141. The highest BCUT2D eigenvalue weighted by atomic mass is 16.5. The first-order valence-corrected chi connectivity index (χ1v) is 8.80. The molecule has 0 spiro atoms. The molecule has 2 aromatic rings. The molecule has 134 valence electrons. The second-order valence-corrected chi connectivity index (χ2v) is 6.18. The minimum atomic E-state index is -0.127. The van der Waals surface area contributed by atoms with Gasteiger partial charge >= 0.3 is 0 Å². The second kappa shape index (κ2) is 8.21. The van der Waals surface area contributed by atoms with E-state index in [0.717, 1.165) is 29.3 Å². The molecule has 2 heterocycles. The fourth-order valence-corrected chi connectivity index (χ4v) is 3.09. The minimum Gasteiger partial charge on any atom is -0.497 e. The molecule has 1 amide bonds. The Labute approximate surface area is 148 Å². The van der Waals surface area contributed by atoms with Crippen molar-refractivity contribution in [2.24, 2.45) is 0 Å². The van der Waals surface area contributed by atoms with Gasteiger partial charge in [0.05, 0.1) is 20.3 Å². The van der Waals surface area contributed by atoms with E-state index in [4.69, 9.17) is 13.9 Å². The van der Waals surface area contributed by atoms with Crippen molar-refractivity contribution in [3.63, 3.8) is 0 Å². The standard InChI is InChI=1S/C20H25NO4/c1-3-16-9-10-19(25-16)18-14-24-13-12-21(18)20(22)11-6-15-4-7-17(23-2)8-5-15/h4-5,7-10,18H,3,6,11-14H2,1-2H3/t18-/m0/s1. The molecule has 1 saturated heterocycles. The lowest BCUT2D eigenvalue weighted by atomic mass is 10.1. The molecule has 5 heteroatoms. The van der Waals surface area contributed by atoms with E-state index in [-0.39, 0.29) is 11.9 Å². The Morgan fingerprint density at radius 1 is 1.24 bits per heavy atom. The Balaban J connectivity index is 1.63. The molecule has 1 atom stereocenters. The highest BCUT2D eigenvalue weighted by Gasteiger charge is 2.30. The van der Waals surface area contributed by atoms with Gasteiger partial charge in [-0.15, -0.1) is 0 Å². The highest BCUT2D eigenvalue weighted by molar-refractivity contribution is 5.77. The van der Waals surface area contributed by atoms with Crippen LogP contribution in [0.2, 0.25) is 0 Å². The summed E-state index contributed by atoms with van der Waals surface area (Å²) in [6.45, 7) is 3.73. The van der Waals surface area contributed by atoms with Gasteiger partial charge in [0.2, 0.25) is 5.91 Å². The van der Waals surface area contributed by atoms with Gasteiger partial charge < -0.3 is 18.8 Å². The van der Waals surface area contributed by atoms with E-state index >= 15 is 0 Å². The van der Waals surface area contributed by atoms with Crippen LogP contribution in [0.3, 0.4) is 0 Å². The summed E-state index contributed by atoms with van der Waals surface area (Å²) in [7, 11) is 1.65. The summed E-state index contributed by atoms with van der Waals surface area (Å²) in [4.78, 5) is 14.7. The average Bonchev–Trinajstić information content (AvgIpc) is 3.15. The van der Waals surface area contributed by atoms with E-state index in [1.54, 1.807) is 7.11 Å². The van der Waals surface area contributed by atoms with Crippen molar-refractivity contribution >= 4 is 5.91 Å². The normalized spacial score (nSPS) is 17.5. The molecule has 0 aliphatic carbocycles. The first-order chi connectivity index (χ1) is 12.2. The van der Waals surface area contributed by atoms with Crippen LogP contribution in [0, 0.1) is 0 Å². The molecule has 0 saturated carbocycles. The SMILES string of the molecule is CCc1ccc([C@@H]2COCCN2C(=O)CCc2ccc(OC)cc2)o1. The number of hydrogen-bond donors (Lipinski definition) is 0. The van der Waals surface area contributed by atoms with Crippen LogP contribution in [0.5, 0.6) is 5.75 Å². The number of rotatable bonds is 6. The van der Waals surface area contributed by atoms with Crippen LogP contribution >= 0.6 is 0 Å². The molecule has 1 fully saturated rings. The van der Waals surface area contributed by atoms with Crippen LogP contribution in [0.1, 0.15) is 36.5 Å². The number of hydrogen-bond acceptors (Lipinski definition) is 4. The molecular weight excluding hydrogens is 318 g/mol. The first-order valence-electron chi connectivity index (χ1n) is 8.80. The van der Waals surface area contributed by atoms with E-state index < -0.39 is 0 Å². The number of nitrogens with zero attached hydrogens (tertiary/aromatic N) is 1. The summed E-state index contributed by atoms with van der Waals surface area (Å²) in [5.74, 6) is 2.71. The Hall–Kier alpha value is -2.27. The van der Waals surface area contributed by atoms with Gasteiger partial charge in [0.25, 0.3) is 0 Å². The molecule has 0 unspecified atom stereocenters. The van der Waals surface area contributed by atoms with Gasteiger partial charge in [0.1, 0.15) is 23.3 Å². The predicted molar refractivity (Wildman–Crippen MR) is 94.7 cm³/mol. The maximum absolute atomic E-state index is 12.8. The van der Waals surface area contributed by atoms with Crippen LogP contribution in [0.4, 0.5) is 0 Å². The topological polar surface area (TPSA) is 51.9 Å². The first kappa shape index (κ1) is 17.5. The van der Waals surface area contributed by atoms with E-state index in [1.165, 1.54) is 0 Å². The molecule has 5 nitrogen and oxygen atoms in total. The summed E-state index contributed by atoms with van der Waals surface area (Å²) >= 11 is 0. The Bertz CT molecular complexity index is 692. The maximum atomic E-state index is 12.8. The number of carbonyl (C=O) groups excluding carboxylic acids is 1. The number of ether oxygens (including phenoxy) is 2. The van der Waals surface area contributed by atoms with Gasteiger partial charge in [-0.05, 0) is 36.2 Å². The zero-order chi connectivity index (χ0) is 17.6. The molecule has 0 bridgehead atoms. The van der Waals surface area contributed by atoms with E-state index in [2.05, 4.69) is 6.92 Å². The van der Waals surface area contributed by atoms with Gasteiger partial charge in [-0.3, -0.25) is 4.79 Å². The van der Waals surface area contributed by atoms with E-state index in [0.29, 0.717) is 32.6 Å². The highest BCUT2D eigenvalue weighted by Crippen LogP contribution is 2.27. The monoisotopic (exact) mass is 343 g/mol. The van der Waals surface area contributed by atoms with Gasteiger partial charge in [-0.1, -0.05) is 19.1 Å². The fourth-order valence-electron chi connectivity index (χ4n) is 3.09. The predicted octanol–water partition coefficient (Wildman–Crippen LogP) is 3.38. The molecule has 25 heavy (non-hydrogen) atoms. The number of furan rings is 1. The largest absolute Gasteiger partial charge is 0.497 e. The second-order valence-electron chi connectivity index (χ2n) is 6.18. The van der Waals surface area contributed by atoms with Crippen molar-refractivity contribution in [2.75, 3.05) is 26.9 Å². The number of benzene rings is 1. The molecule has 1 aliphatic heterocycles. The van der Waals surface area contributed by atoms with Gasteiger partial charge in [0.15, 0.2) is 0 Å². The molecule has 3 rings (SSSR count). The number of amides is 1. The molecule has 0 N–H and O–H groups in total. The third-order valence-corrected chi connectivity index (χ3v) is 4.59. The lowest BCUT2D eigenvalue weighted by Gasteiger charge is -2.34.